The Balaban J connectivity index is 2.69. The Bertz CT molecular complexity index is 444. The minimum atomic E-state index is -0.197. The van der Waals surface area contributed by atoms with Crippen LogP contribution in [0.5, 0.6) is 11.5 Å². The average Bonchev–Trinajstić information content (AvgIpc) is 2.48. The van der Waals surface area contributed by atoms with Crippen molar-refractivity contribution in [2.24, 2.45) is 0 Å². The van der Waals surface area contributed by atoms with Crippen LogP contribution in [0.4, 0.5) is 0 Å². The Hall–Kier alpha value is -1.79. The van der Waals surface area contributed by atoms with E-state index in [0.29, 0.717) is 24.5 Å². The van der Waals surface area contributed by atoms with Gasteiger partial charge in [0.1, 0.15) is 11.5 Å². The topological polar surface area (TPSA) is 77.0 Å². The molecular weight excluding hydrogens is 274 g/mol. The summed E-state index contributed by atoms with van der Waals surface area (Å²) in [5, 5.41) is 11.8. The van der Waals surface area contributed by atoms with Crippen molar-refractivity contribution < 1.29 is 24.1 Å². The number of amides is 1. The molecule has 21 heavy (non-hydrogen) atoms. The van der Waals surface area contributed by atoms with Gasteiger partial charge in [0.2, 0.25) is 5.91 Å². The molecule has 118 valence electrons. The molecule has 1 amide bonds. The summed E-state index contributed by atoms with van der Waals surface area (Å²) in [5.41, 5.74) is 0.774. The normalized spacial score (nSPS) is 11.8. The molecule has 0 saturated carbocycles. The zero-order chi connectivity index (χ0) is 15.7. The van der Waals surface area contributed by atoms with Gasteiger partial charge in [-0.05, 0) is 12.5 Å². The second kappa shape index (κ2) is 9.20. The predicted octanol–water partition coefficient (Wildman–Crippen LogP) is 0.760. The van der Waals surface area contributed by atoms with Crippen molar-refractivity contribution in [2.45, 2.75) is 18.9 Å². The zero-order valence-corrected chi connectivity index (χ0v) is 12.7. The number of aliphatic hydroxyl groups is 1. The van der Waals surface area contributed by atoms with Crippen LogP contribution in [-0.4, -0.2) is 51.6 Å². The highest BCUT2D eigenvalue weighted by molar-refractivity contribution is 5.79. The third-order valence-electron chi connectivity index (χ3n) is 3.06. The van der Waals surface area contributed by atoms with Crippen molar-refractivity contribution in [1.82, 2.24) is 5.32 Å². The van der Waals surface area contributed by atoms with E-state index >= 15 is 0 Å². The lowest BCUT2D eigenvalue weighted by molar-refractivity contribution is -0.121. The van der Waals surface area contributed by atoms with Gasteiger partial charge in [-0.15, -0.1) is 0 Å². The minimum Gasteiger partial charge on any atom is -0.497 e. The van der Waals surface area contributed by atoms with Gasteiger partial charge in [0, 0.05) is 25.3 Å². The van der Waals surface area contributed by atoms with Crippen LogP contribution in [0.15, 0.2) is 18.2 Å². The van der Waals surface area contributed by atoms with Gasteiger partial charge in [0.15, 0.2) is 0 Å². The molecule has 1 atom stereocenters. The summed E-state index contributed by atoms with van der Waals surface area (Å²) in [4.78, 5) is 12.1. The molecule has 0 aromatic heterocycles. The number of rotatable bonds is 9. The van der Waals surface area contributed by atoms with Gasteiger partial charge in [-0.25, -0.2) is 0 Å². The van der Waals surface area contributed by atoms with Crippen molar-refractivity contribution in [2.75, 3.05) is 34.5 Å². The van der Waals surface area contributed by atoms with Crippen molar-refractivity contribution in [1.29, 1.82) is 0 Å². The highest BCUT2D eigenvalue weighted by Crippen LogP contribution is 2.24. The molecule has 0 aliphatic carbocycles. The Kier molecular flexibility index (Phi) is 7.56. The molecule has 2 N–H and O–H groups in total. The number of nitrogens with one attached hydrogen (secondary N) is 1. The Morgan fingerprint density at radius 2 is 2.05 bits per heavy atom. The number of methoxy groups -OCH3 is 3. The highest BCUT2D eigenvalue weighted by atomic mass is 16.5. The Morgan fingerprint density at radius 1 is 1.29 bits per heavy atom. The molecule has 0 heterocycles. The van der Waals surface area contributed by atoms with E-state index in [0.717, 1.165) is 5.56 Å². The van der Waals surface area contributed by atoms with E-state index in [1.54, 1.807) is 39.5 Å². The van der Waals surface area contributed by atoms with Crippen LogP contribution in [0.3, 0.4) is 0 Å². The maximum absolute atomic E-state index is 12.1. The van der Waals surface area contributed by atoms with Crippen LogP contribution in [0, 0.1) is 0 Å². The maximum Gasteiger partial charge on any atom is 0.224 e. The zero-order valence-electron chi connectivity index (χ0n) is 12.7. The van der Waals surface area contributed by atoms with Crippen molar-refractivity contribution in [3.63, 3.8) is 0 Å². The fraction of sp³-hybridized carbons (Fsp3) is 0.533. The van der Waals surface area contributed by atoms with Gasteiger partial charge in [-0.3, -0.25) is 4.79 Å². The molecule has 0 saturated heterocycles. The van der Waals surface area contributed by atoms with Crippen LogP contribution in [0.2, 0.25) is 0 Å². The average molecular weight is 297 g/mol. The largest absolute Gasteiger partial charge is 0.497 e. The third-order valence-corrected chi connectivity index (χ3v) is 3.06. The molecule has 0 aliphatic heterocycles. The maximum atomic E-state index is 12.1. The molecule has 1 unspecified atom stereocenters. The fourth-order valence-corrected chi connectivity index (χ4v) is 2.00. The second-order valence-electron chi connectivity index (χ2n) is 4.59. The summed E-state index contributed by atoms with van der Waals surface area (Å²) in [5.74, 6) is 1.14. The van der Waals surface area contributed by atoms with Crippen LogP contribution >= 0.6 is 0 Å². The quantitative estimate of drug-likeness (QED) is 0.704. The standard InChI is InChI=1S/C15H23NO5/c1-19-10-12(6-7-17)16-15(18)8-11-4-5-13(20-2)9-14(11)21-3/h4-5,9,12,17H,6-8,10H2,1-3H3,(H,16,18). The molecular formula is C15H23NO5. The Morgan fingerprint density at radius 3 is 2.62 bits per heavy atom. The van der Waals surface area contributed by atoms with E-state index in [1.165, 1.54) is 0 Å². The highest BCUT2D eigenvalue weighted by Gasteiger charge is 2.14. The van der Waals surface area contributed by atoms with Crippen LogP contribution in [0.25, 0.3) is 0 Å². The van der Waals surface area contributed by atoms with Gasteiger partial charge in [0.05, 0.1) is 33.3 Å². The van der Waals surface area contributed by atoms with Crippen molar-refractivity contribution in [3.05, 3.63) is 23.8 Å². The molecule has 0 spiro atoms. The first-order valence-corrected chi connectivity index (χ1v) is 6.74. The van der Waals surface area contributed by atoms with E-state index in [-0.39, 0.29) is 25.0 Å². The monoisotopic (exact) mass is 297 g/mol. The van der Waals surface area contributed by atoms with Crippen molar-refractivity contribution in [3.8, 4) is 11.5 Å². The van der Waals surface area contributed by atoms with Crippen molar-refractivity contribution >= 4 is 5.91 Å². The van der Waals surface area contributed by atoms with Gasteiger partial charge in [-0.2, -0.15) is 0 Å². The van der Waals surface area contributed by atoms with E-state index in [2.05, 4.69) is 5.32 Å². The van der Waals surface area contributed by atoms with Crippen LogP contribution < -0.4 is 14.8 Å². The number of ether oxygens (including phenoxy) is 3. The molecule has 0 fully saturated rings. The molecule has 6 heteroatoms. The number of aliphatic hydroxyl groups excluding tert-OH is 1. The van der Waals surface area contributed by atoms with Crippen LogP contribution in [0.1, 0.15) is 12.0 Å². The summed E-state index contributed by atoms with van der Waals surface area (Å²) in [6, 6.07) is 5.13. The lowest BCUT2D eigenvalue weighted by Crippen LogP contribution is -2.39. The number of hydrogen-bond acceptors (Lipinski definition) is 5. The summed E-state index contributed by atoms with van der Waals surface area (Å²) >= 11 is 0. The number of hydrogen-bond donors (Lipinski definition) is 2. The van der Waals surface area contributed by atoms with E-state index < -0.39 is 0 Å². The second-order valence-corrected chi connectivity index (χ2v) is 4.59. The fourth-order valence-electron chi connectivity index (χ4n) is 2.00. The molecule has 6 nitrogen and oxygen atoms in total. The predicted molar refractivity (Wildman–Crippen MR) is 78.8 cm³/mol. The molecule has 0 bridgehead atoms. The molecule has 1 aromatic carbocycles. The number of carbonyl (C=O) groups is 1. The first kappa shape index (κ1) is 17.3. The Labute approximate surface area is 125 Å². The molecule has 0 aliphatic rings. The van der Waals surface area contributed by atoms with Gasteiger partial charge < -0.3 is 24.6 Å². The van der Waals surface area contributed by atoms with Gasteiger partial charge in [-0.1, -0.05) is 6.07 Å². The first-order valence-electron chi connectivity index (χ1n) is 6.74. The third kappa shape index (κ3) is 5.61. The van der Waals surface area contributed by atoms with E-state index in [9.17, 15) is 4.79 Å². The van der Waals surface area contributed by atoms with Crippen LogP contribution in [-0.2, 0) is 16.0 Å². The number of carbonyl (C=O) groups excluding carboxylic acids is 1. The summed E-state index contributed by atoms with van der Waals surface area (Å²) in [6.07, 6.45) is 0.651. The number of benzene rings is 1. The van der Waals surface area contributed by atoms with E-state index in [1.807, 2.05) is 0 Å². The minimum absolute atomic E-state index is 0.000162. The SMILES string of the molecule is COCC(CCO)NC(=O)Cc1ccc(OC)cc1OC. The van der Waals surface area contributed by atoms with Gasteiger partial charge in [0.25, 0.3) is 0 Å². The lowest BCUT2D eigenvalue weighted by atomic mass is 10.1. The molecule has 1 rings (SSSR count). The van der Waals surface area contributed by atoms with E-state index in [4.69, 9.17) is 19.3 Å². The summed E-state index contributed by atoms with van der Waals surface area (Å²) in [7, 11) is 4.68. The smallest absolute Gasteiger partial charge is 0.224 e. The van der Waals surface area contributed by atoms with Gasteiger partial charge >= 0.3 is 0 Å². The first-order chi connectivity index (χ1) is 10.1. The summed E-state index contributed by atoms with van der Waals surface area (Å²) in [6.45, 7) is 0.367. The molecule has 1 aromatic rings. The summed E-state index contributed by atoms with van der Waals surface area (Å²) < 4.78 is 15.4. The lowest BCUT2D eigenvalue weighted by Gasteiger charge is -2.17. The molecule has 0 radical (unpaired) electrons.